The molecule has 318 valence electrons. The number of aliphatic hydroxyl groups is 2. The molecule has 0 aromatic carbocycles. The maximum atomic E-state index is 13.1. The Labute approximate surface area is 335 Å². The van der Waals surface area contributed by atoms with Crippen LogP contribution in [0.15, 0.2) is 24.3 Å². The van der Waals surface area contributed by atoms with Crippen molar-refractivity contribution >= 4 is 11.9 Å². The van der Waals surface area contributed by atoms with E-state index in [1.807, 2.05) is 12.2 Å². The summed E-state index contributed by atoms with van der Waals surface area (Å²) in [4.78, 5) is 25.9. The molecule has 0 aliphatic rings. The molecule has 0 radical (unpaired) electrons. The Hall–Kier alpha value is -1.66. The first kappa shape index (κ1) is 52.3. The molecule has 0 aromatic rings. The second kappa shape index (κ2) is 42.5. The second-order valence-electron chi connectivity index (χ2n) is 16.2. The Morgan fingerprint density at radius 1 is 0.556 bits per heavy atom. The minimum Gasteiger partial charge on any atom is -0.458 e. The van der Waals surface area contributed by atoms with Gasteiger partial charge in [0.1, 0.15) is 6.10 Å². The Kier molecular flexibility index (Phi) is 41.2. The molecular weight excluding hydrogens is 671 g/mol. The zero-order chi connectivity index (χ0) is 39.6. The average Bonchev–Trinajstić information content (AvgIpc) is 3.16. The number of carbonyl (C=O) groups excluding carboxylic acids is 2. The number of rotatable bonds is 42. The van der Waals surface area contributed by atoms with Gasteiger partial charge in [-0.15, -0.1) is 0 Å². The molecule has 0 saturated carbocycles. The highest BCUT2D eigenvalue weighted by atomic mass is 16.5. The van der Waals surface area contributed by atoms with Crippen molar-refractivity contribution in [1.29, 1.82) is 0 Å². The van der Waals surface area contributed by atoms with Crippen LogP contribution in [-0.4, -0.2) is 46.9 Å². The number of aliphatic hydroxyl groups excluding tert-OH is 2. The van der Waals surface area contributed by atoms with E-state index in [-0.39, 0.29) is 24.9 Å². The summed E-state index contributed by atoms with van der Waals surface area (Å²) in [6.07, 6.45) is 47.0. The fourth-order valence-corrected chi connectivity index (χ4v) is 7.16. The van der Waals surface area contributed by atoms with Crippen LogP contribution in [0, 0.1) is 0 Å². The molecule has 0 heterocycles. The zero-order valence-corrected chi connectivity index (χ0v) is 36.1. The third kappa shape index (κ3) is 37.3. The van der Waals surface area contributed by atoms with E-state index in [2.05, 4.69) is 38.2 Å². The standard InChI is InChI=1S/C48H91NO5/c1-4-7-10-13-16-19-21-22-23-24-26-29-32-35-38-41-48(53)54-44(39-36-33-30-28-25-20-17-14-11-8-5-2)42-47(52)49-45(43-50)46(51)40-37-34-31-27-18-15-12-9-6-3/h28,30,36,39,44-46,50-51H,4-27,29,31-35,37-38,40-43H2,1-3H3,(H,49,52)/b30-28-,39-36+. The summed E-state index contributed by atoms with van der Waals surface area (Å²) in [6.45, 7) is 6.42. The van der Waals surface area contributed by atoms with E-state index in [0.29, 0.717) is 12.8 Å². The normalized spacial score (nSPS) is 13.5. The second-order valence-corrected chi connectivity index (χ2v) is 16.2. The van der Waals surface area contributed by atoms with Gasteiger partial charge in [0.05, 0.1) is 25.2 Å². The number of allylic oxidation sites excluding steroid dienone is 3. The Morgan fingerprint density at radius 3 is 1.44 bits per heavy atom. The van der Waals surface area contributed by atoms with Gasteiger partial charge in [0.15, 0.2) is 0 Å². The predicted octanol–water partition coefficient (Wildman–Crippen LogP) is 13.6. The van der Waals surface area contributed by atoms with E-state index >= 15 is 0 Å². The molecule has 54 heavy (non-hydrogen) atoms. The van der Waals surface area contributed by atoms with Crippen LogP contribution in [0.25, 0.3) is 0 Å². The molecule has 1 amide bonds. The van der Waals surface area contributed by atoms with Gasteiger partial charge in [-0.05, 0) is 38.2 Å². The van der Waals surface area contributed by atoms with E-state index < -0.39 is 18.2 Å². The van der Waals surface area contributed by atoms with Gasteiger partial charge in [0.2, 0.25) is 5.91 Å². The third-order valence-corrected chi connectivity index (χ3v) is 10.8. The van der Waals surface area contributed by atoms with Crippen molar-refractivity contribution in [2.24, 2.45) is 0 Å². The Morgan fingerprint density at radius 2 is 0.981 bits per heavy atom. The molecule has 0 fully saturated rings. The lowest BCUT2D eigenvalue weighted by Gasteiger charge is -2.23. The largest absolute Gasteiger partial charge is 0.458 e. The van der Waals surface area contributed by atoms with E-state index in [9.17, 15) is 19.8 Å². The lowest BCUT2D eigenvalue weighted by atomic mass is 10.0. The van der Waals surface area contributed by atoms with Crippen molar-refractivity contribution in [3.05, 3.63) is 24.3 Å². The van der Waals surface area contributed by atoms with E-state index in [1.165, 1.54) is 154 Å². The minimum absolute atomic E-state index is 0.0240. The highest BCUT2D eigenvalue weighted by molar-refractivity contribution is 5.78. The number of carbonyl (C=O) groups is 2. The summed E-state index contributed by atoms with van der Waals surface area (Å²) in [5.41, 5.74) is 0. The van der Waals surface area contributed by atoms with Crippen LogP contribution in [0.4, 0.5) is 0 Å². The number of esters is 1. The molecule has 0 rings (SSSR count). The number of ether oxygens (including phenoxy) is 1. The fourth-order valence-electron chi connectivity index (χ4n) is 7.16. The number of nitrogens with one attached hydrogen (secondary N) is 1. The van der Waals surface area contributed by atoms with Crippen molar-refractivity contribution in [2.75, 3.05) is 6.61 Å². The van der Waals surface area contributed by atoms with Gasteiger partial charge in [0.25, 0.3) is 0 Å². The molecule has 0 aliphatic heterocycles. The quantitative estimate of drug-likeness (QED) is 0.0327. The van der Waals surface area contributed by atoms with E-state index in [1.54, 1.807) is 0 Å². The number of unbranched alkanes of at least 4 members (excludes halogenated alkanes) is 28. The molecule has 6 nitrogen and oxygen atoms in total. The molecule has 3 N–H and O–H groups in total. The highest BCUT2D eigenvalue weighted by Gasteiger charge is 2.23. The molecule has 0 spiro atoms. The van der Waals surface area contributed by atoms with Crippen LogP contribution >= 0.6 is 0 Å². The van der Waals surface area contributed by atoms with E-state index in [4.69, 9.17) is 4.74 Å². The first-order valence-electron chi connectivity index (χ1n) is 23.6. The summed E-state index contributed by atoms with van der Waals surface area (Å²) in [5, 5.41) is 23.5. The fraction of sp³-hybridized carbons (Fsp3) is 0.875. The van der Waals surface area contributed by atoms with E-state index in [0.717, 1.165) is 51.4 Å². The summed E-state index contributed by atoms with van der Waals surface area (Å²) < 4.78 is 5.81. The summed E-state index contributed by atoms with van der Waals surface area (Å²) in [6, 6.07) is -0.725. The van der Waals surface area contributed by atoms with Gasteiger partial charge in [-0.2, -0.15) is 0 Å². The molecule has 3 unspecified atom stereocenters. The van der Waals surface area contributed by atoms with Crippen LogP contribution < -0.4 is 5.32 Å². The molecule has 0 saturated heterocycles. The third-order valence-electron chi connectivity index (χ3n) is 10.8. The van der Waals surface area contributed by atoms with Crippen molar-refractivity contribution in [3.8, 4) is 0 Å². The van der Waals surface area contributed by atoms with Gasteiger partial charge >= 0.3 is 5.97 Å². The van der Waals surface area contributed by atoms with Gasteiger partial charge in [-0.25, -0.2) is 0 Å². The lowest BCUT2D eigenvalue weighted by Crippen LogP contribution is -2.46. The predicted molar refractivity (Wildman–Crippen MR) is 232 cm³/mol. The van der Waals surface area contributed by atoms with Gasteiger partial charge < -0.3 is 20.3 Å². The summed E-state index contributed by atoms with van der Waals surface area (Å²) >= 11 is 0. The van der Waals surface area contributed by atoms with Crippen LogP contribution in [0.5, 0.6) is 0 Å². The topological polar surface area (TPSA) is 95.9 Å². The van der Waals surface area contributed by atoms with Crippen LogP contribution in [0.2, 0.25) is 0 Å². The lowest BCUT2D eigenvalue weighted by molar-refractivity contribution is -0.148. The molecular formula is C48H91NO5. The molecule has 0 aromatic heterocycles. The molecule has 6 heteroatoms. The minimum atomic E-state index is -0.804. The zero-order valence-electron chi connectivity index (χ0n) is 36.1. The number of amides is 1. The maximum Gasteiger partial charge on any atom is 0.306 e. The molecule has 3 atom stereocenters. The Balaban J connectivity index is 4.61. The van der Waals surface area contributed by atoms with Gasteiger partial charge in [0, 0.05) is 6.42 Å². The van der Waals surface area contributed by atoms with Crippen molar-refractivity contribution < 1.29 is 24.5 Å². The monoisotopic (exact) mass is 762 g/mol. The summed E-state index contributed by atoms with van der Waals surface area (Å²) in [5.74, 6) is -0.594. The summed E-state index contributed by atoms with van der Waals surface area (Å²) in [7, 11) is 0. The van der Waals surface area contributed by atoms with Crippen molar-refractivity contribution in [3.63, 3.8) is 0 Å². The average molecular weight is 762 g/mol. The number of hydrogen-bond acceptors (Lipinski definition) is 5. The Bertz CT molecular complexity index is 858. The highest BCUT2D eigenvalue weighted by Crippen LogP contribution is 2.16. The van der Waals surface area contributed by atoms with Crippen LogP contribution in [0.1, 0.15) is 245 Å². The van der Waals surface area contributed by atoms with Crippen molar-refractivity contribution in [2.45, 2.75) is 264 Å². The van der Waals surface area contributed by atoms with Gasteiger partial charge in [-0.1, -0.05) is 219 Å². The molecule has 0 bridgehead atoms. The number of hydrogen-bond donors (Lipinski definition) is 3. The maximum absolute atomic E-state index is 13.1. The first-order valence-corrected chi connectivity index (χ1v) is 23.6. The van der Waals surface area contributed by atoms with Crippen molar-refractivity contribution in [1.82, 2.24) is 5.32 Å². The SMILES string of the molecule is CCCCCCCC/C=C\C/C=C/C(CC(=O)NC(CO)C(O)CCCCCCCCCCC)OC(=O)CCCCCCCCCCCCCCCCC. The van der Waals surface area contributed by atoms with Crippen LogP contribution in [0.3, 0.4) is 0 Å². The molecule has 0 aliphatic carbocycles. The van der Waals surface area contributed by atoms with Crippen LogP contribution in [-0.2, 0) is 14.3 Å². The van der Waals surface area contributed by atoms with Gasteiger partial charge in [-0.3, -0.25) is 9.59 Å². The first-order chi connectivity index (χ1) is 26.5. The smallest absolute Gasteiger partial charge is 0.306 e.